The van der Waals surface area contributed by atoms with Crippen LogP contribution in [0.1, 0.15) is 47.9 Å². The van der Waals surface area contributed by atoms with Gasteiger partial charge in [0.25, 0.3) is 0 Å². The molecule has 3 aromatic rings. The zero-order valence-corrected chi connectivity index (χ0v) is 18.4. The van der Waals surface area contributed by atoms with E-state index in [1.165, 1.54) is 11.3 Å². The Labute approximate surface area is 184 Å². The third-order valence-electron chi connectivity index (χ3n) is 4.90. The molecule has 0 saturated carbocycles. The molecule has 1 N–H and O–H groups in total. The maximum absolute atomic E-state index is 13.6. The van der Waals surface area contributed by atoms with Crippen LogP contribution >= 0.6 is 34.5 Å². The van der Waals surface area contributed by atoms with Crippen LogP contribution in [-0.2, 0) is 0 Å². The predicted molar refractivity (Wildman–Crippen MR) is 121 cm³/mol. The summed E-state index contributed by atoms with van der Waals surface area (Å²) in [5.74, 6) is -0.200. The van der Waals surface area contributed by atoms with Crippen LogP contribution in [0.25, 0.3) is 5.57 Å². The number of nitrogens with zero attached hydrogens (tertiary/aromatic N) is 1. The highest BCUT2D eigenvalue weighted by Crippen LogP contribution is 2.39. The molecule has 29 heavy (non-hydrogen) atoms. The van der Waals surface area contributed by atoms with Crippen LogP contribution in [-0.4, -0.2) is 15.9 Å². The summed E-state index contributed by atoms with van der Waals surface area (Å²) in [6, 6.07) is 12.1. The smallest absolute Gasteiger partial charge is 0.192 e. The van der Waals surface area contributed by atoms with Crippen molar-refractivity contribution in [2.75, 3.05) is 0 Å². The van der Waals surface area contributed by atoms with E-state index in [1.54, 1.807) is 48.8 Å². The first-order chi connectivity index (χ1) is 13.9. The Morgan fingerprint density at radius 1 is 1.17 bits per heavy atom. The molecule has 1 aromatic carbocycles. The van der Waals surface area contributed by atoms with E-state index in [2.05, 4.69) is 11.9 Å². The summed E-state index contributed by atoms with van der Waals surface area (Å²) in [7, 11) is 0. The number of allylic oxidation sites excluding steroid dienone is 1. The lowest BCUT2D eigenvalue weighted by atomic mass is 9.82. The Morgan fingerprint density at radius 2 is 1.90 bits per heavy atom. The topological polar surface area (TPSA) is 50.2 Å². The fourth-order valence-corrected chi connectivity index (χ4v) is 4.22. The molecule has 6 heteroatoms. The van der Waals surface area contributed by atoms with Gasteiger partial charge in [0.2, 0.25) is 0 Å². The largest absolute Gasteiger partial charge is 0.383 e. The Bertz CT molecular complexity index is 1010. The highest BCUT2D eigenvalue weighted by molar-refractivity contribution is 7.14. The average Bonchev–Trinajstić information content (AvgIpc) is 3.17. The number of pyridine rings is 1. The summed E-state index contributed by atoms with van der Waals surface area (Å²) in [5.41, 5.74) is 3.02. The number of carbonyl (C=O) groups is 1. The Hall–Kier alpha value is -1.98. The van der Waals surface area contributed by atoms with E-state index in [9.17, 15) is 9.90 Å². The maximum Gasteiger partial charge on any atom is 0.192 e. The second-order valence-corrected chi connectivity index (χ2v) is 8.78. The van der Waals surface area contributed by atoms with Crippen molar-refractivity contribution in [1.82, 2.24) is 4.98 Å². The van der Waals surface area contributed by atoms with Gasteiger partial charge in [0.1, 0.15) is 6.10 Å². The molecule has 0 aliphatic heterocycles. The number of thiophene rings is 1. The van der Waals surface area contributed by atoms with Gasteiger partial charge in [-0.1, -0.05) is 43.1 Å². The molecule has 150 valence electrons. The third kappa shape index (κ3) is 4.96. The second-order valence-electron chi connectivity index (χ2n) is 6.80. The predicted octanol–water partition coefficient (Wildman–Crippen LogP) is 6.87. The van der Waals surface area contributed by atoms with Gasteiger partial charge < -0.3 is 5.11 Å². The number of halogens is 2. The Kier molecular flexibility index (Phi) is 7.25. The molecule has 2 atom stereocenters. The van der Waals surface area contributed by atoms with Gasteiger partial charge in [-0.05, 0) is 65.3 Å². The third-order valence-corrected chi connectivity index (χ3v) is 6.24. The van der Waals surface area contributed by atoms with Crippen molar-refractivity contribution in [3.8, 4) is 0 Å². The van der Waals surface area contributed by atoms with Crippen molar-refractivity contribution < 1.29 is 9.90 Å². The number of aliphatic hydroxyl groups excluding tert-OH is 1. The molecule has 0 aliphatic carbocycles. The number of ketones is 1. The average molecular weight is 446 g/mol. The molecule has 0 radical (unpaired) electrons. The van der Waals surface area contributed by atoms with Gasteiger partial charge >= 0.3 is 0 Å². The van der Waals surface area contributed by atoms with Gasteiger partial charge in [0, 0.05) is 34.1 Å². The Balaban J connectivity index is 2.25. The number of benzene rings is 1. The van der Waals surface area contributed by atoms with Crippen molar-refractivity contribution in [2.24, 2.45) is 5.92 Å². The highest BCUT2D eigenvalue weighted by atomic mass is 35.5. The van der Waals surface area contributed by atoms with Crippen LogP contribution < -0.4 is 0 Å². The first-order valence-electron chi connectivity index (χ1n) is 9.29. The van der Waals surface area contributed by atoms with Crippen LogP contribution in [0.5, 0.6) is 0 Å². The summed E-state index contributed by atoms with van der Waals surface area (Å²) < 4.78 is 0.634. The number of hydrogen-bond donors (Lipinski definition) is 1. The van der Waals surface area contributed by atoms with Gasteiger partial charge in [-0.15, -0.1) is 11.3 Å². The van der Waals surface area contributed by atoms with E-state index < -0.39 is 6.10 Å². The molecule has 0 spiro atoms. The fourth-order valence-electron chi connectivity index (χ4n) is 3.22. The van der Waals surface area contributed by atoms with Crippen LogP contribution in [0.15, 0.2) is 65.8 Å². The maximum atomic E-state index is 13.6. The monoisotopic (exact) mass is 445 g/mol. The van der Waals surface area contributed by atoms with E-state index in [4.69, 9.17) is 23.2 Å². The minimum absolute atomic E-state index is 0.0400. The SMILES string of the molecule is CCC(C)/C(=C(\C(=O)c1ccc(Cl)cc1)C(O)c1cccnc1)c1csc(Cl)c1. The van der Waals surface area contributed by atoms with Crippen LogP contribution in [0.3, 0.4) is 0 Å². The van der Waals surface area contributed by atoms with Crippen molar-refractivity contribution >= 4 is 45.9 Å². The van der Waals surface area contributed by atoms with Crippen LogP contribution in [0.2, 0.25) is 9.36 Å². The number of carbonyl (C=O) groups excluding carboxylic acids is 1. The lowest BCUT2D eigenvalue weighted by Crippen LogP contribution is -2.17. The second kappa shape index (κ2) is 9.68. The normalized spacial score (nSPS) is 14.2. The molecule has 0 aliphatic rings. The van der Waals surface area contributed by atoms with E-state index >= 15 is 0 Å². The van der Waals surface area contributed by atoms with Gasteiger partial charge in [-0.2, -0.15) is 0 Å². The first kappa shape index (κ1) is 21.7. The summed E-state index contributed by atoms with van der Waals surface area (Å²) in [5, 5.41) is 13.7. The van der Waals surface area contributed by atoms with Crippen molar-refractivity contribution in [3.05, 3.63) is 91.9 Å². The van der Waals surface area contributed by atoms with Gasteiger partial charge in [0.05, 0.1) is 4.34 Å². The number of Topliss-reactive ketones (excluding diaryl/α,β-unsaturated/α-hetero) is 1. The minimum Gasteiger partial charge on any atom is -0.383 e. The zero-order valence-electron chi connectivity index (χ0n) is 16.1. The van der Waals surface area contributed by atoms with Crippen molar-refractivity contribution in [1.29, 1.82) is 0 Å². The summed E-state index contributed by atoms with van der Waals surface area (Å²) in [4.78, 5) is 17.7. The lowest BCUT2D eigenvalue weighted by Gasteiger charge is -2.23. The van der Waals surface area contributed by atoms with Crippen molar-refractivity contribution in [2.45, 2.75) is 26.4 Å². The van der Waals surface area contributed by atoms with Gasteiger partial charge in [0.15, 0.2) is 5.78 Å². The minimum atomic E-state index is -1.12. The molecule has 0 amide bonds. The summed E-state index contributed by atoms with van der Waals surface area (Å²) >= 11 is 13.6. The quantitative estimate of drug-likeness (QED) is 0.318. The number of rotatable bonds is 7. The molecule has 2 unspecified atom stereocenters. The molecule has 2 aromatic heterocycles. The van der Waals surface area contributed by atoms with Crippen LogP contribution in [0, 0.1) is 5.92 Å². The molecule has 0 fully saturated rings. The van der Waals surface area contributed by atoms with E-state index in [1.807, 2.05) is 18.4 Å². The molecule has 3 rings (SSSR count). The number of aromatic nitrogens is 1. The summed E-state index contributed by atoms with van der Waals surface area (Å²) in [6.07, 6.45) is 2.90. The van der Waals surface area contributed by atoms with E-state index in [0.29, 0.717) is 26.1 Å². The molecule has 0 bridgehead atoms. The van der Waals surface area contributed by atoms with Crippen molar-refractivity contribution in [3.63, 3.8) is 0 Å². The van der Waals surface area contributed by atoms with Gasteiger partial charge in [-0.25, -0.2) is 0 Å². The number of hydrogen-bond acceptors (Lipinski definition) is 4. The first-order valence-corrected chi connectivity index (χ1v) is 10.9. The highest BCUT2D eigenvalue weighted by Gasteiger charge is 2.29. The molecule has 2 heterocycles. The lowest BCUT2D eigenvalue weighted by molar-refractivity contribution is 0.0987. The molecular weight excluding hydrogens is 425 g/mol. The molecule has 0 saturated heterocycles. The summed E-state index contributed by atoms with van der Waals surface area (Å²) in [6.45, 7) is 4.10. The number of aliphatic hydroxyl groups is 1. The standard InChI is InChI=1S/C23H21Cl2NO2S/c1-3-14(2)20(17-11-19(25)29-13-17)21(23(28)16-5-4-10-26-12-16)22(27)15-6-8-18(24)9-7-15/h4-14,23,28H,3H2,1-2H3/b21-20-. The van der Waals surface area contributed by atoms with E-state index in [-0.39, 0.29) is 11.7 Å². The Morgan fingerprint density at radius 3 is 2.45 bits per heavy atom. The van der Waals surface area contributed by atoms with Crippen LogP contribution in [0.4, 0.5) is 0 Å². The zero-order chi connectivity index (χ0) is 21.0. The van der Waals surface area contributed by atoms with E-state index in [0.717, 1.165) is 17.6 Å². The molecule has 3 nitrogen and oxygen atoms in total. The fraction of sp³-hybridized carbons (Fsp3) is 0.217. The molecular formula is C23H21Cl2NO2S. The van der Waals surface area contributed by atoms with Gasteiger partial charge in [-0.3, -0.25) is 9.78 Å².